The van der Waals surface area contributed by atoms with Crippen molar-refractivity contribution >= 4 is 0 Å². The number of hydrogen-bond acceptors (Lipinski definition) is 0. The zero-order valence-electron chi connectivity index (χ0n) is 5.80. The van der Waals surface area contributed by atoms with Gasteiger partial charge in [-0.15, -0.1) is 0 Å². The van der Waals surface area contributed by atoms with E-state index in [2.05, 4.69) is 24.3 Å². The Hall–Kier alpha value is 0.779. The van der Waals surface area contributed by atoms with Crippen LogP contribution in [0.25, 0.3) is 0 Å². The Morgan fingerprint density at radius 3 is 0.900 bits per heavy atom. The molecule has 0 aromatic carbocycles. The number of allylic oxidation sites excluding steroid dienone is 4. The fourth-order valence-electron chi connectivity index (χ4n) is 0.856. The summed E-state index contributed by atoms with van der Waals surface area (Å²) < 4.78 is 0. The molecule has 0 fully saturated rings. The van der Waals surface area contributed by atoms with Crippen molar-refractivity contribution in [1.29, 1.82) is 0 Å². The summed E-state index contributed by atoms with van der Waals surface area (Å²) in [7, 11) is 0. The number of hydrogen-bond donors (Lipinski definition) is 0. The third-order valence-electron chi connectivity index (χ3n) is 1.33. The zero-order chi connectivity index (χ0) is 5.66. The molecular weight excluding hydrogens is 481 g/mol. The summed E-state index contributed by atoms with van der Waals surface area (Å²) in [5.41, 5.74) is 0. The van der Waals surface area contributed by atoms with E-state index in [0.717, 1.165) is 0 Å². The number of rotatable bonds is 0. The monoisotopic (exact) mass is 494 g/mol. The molecule has 0 aliphatic heterocycles. The van der Waals surface area contributed by atoms with Crippen molar-refractivity contribution in [2.45, 2.75) is 25.7 Å². The van der Waals surface area contributed by atoms with Crippen molar-refractivity contribution in [3.63, 3.8) is 0 Å². The van der Waals surface area contributed by atoms with Crippen LogP contribution >= 0.6 is 0 Å². The van der Waals surface area contributed by atoms with E-state index in [1.807, 2.05) is 0 Å². The molecule has 1 rings (SSSR count). The van der Waals surface area contributed by atoms with Gasteiger partial charge in [0.25, 0.3) is 0 Å². The average molecular weight is 493 g/mol. The van der Waals surface area contributed by atoms with Gasteiger partial charge in [0.15, 0.2) is 0 Å². The third kappa shape index (κ3) is 6.89. The van der Waals surface area contributed by atoms with Crippen LogP contribution in [0.5, 0.6) is 0 Å². The van der Waals surface area contributed by atoms with Gasteiger partial charge in [0.05, 0.1) is 0 Å². The van der Waals surface area contributed by atoms with Gasteiger partial charge >= 0.3 is 0 Å². The maximum Gasteiger partial charge on any atom is 0 e. The molecule has 0 aromatic rings. The van der Waals surface area contributed by atoms with E-state index in [-0.39, 0.29) is 40.2 Å². The van der Waals surface area contributed by atoms with E-state index < -0.39 is 0 Å². The van der Waals surface area contributed by atoms with Crippen molar-refractivity contribution in [3.05, 3.63) is 24.3 Å². The van der Waals surface area contributed by atoms with Crippen molar-refractivity contribution in [2.24, 2.45) is 0 Å². The predicted octanol–water partition coefficient (Wildman–Crippen LogP) is 2.67. The summed E-state index contributed by atoms with van der Waals surface area (Å²) in [4.78, 5) is 0. The van der Waals surface area contributed by atoms with E-state index in [0.29, 0.717) is 0 Å². The van der Waals surface area contributed by atoms with Crippen molar-refractivity contribution in [3.8, 4) is 0 Å². The van der Waals surface area contributed by atoms with Crippen LogP contribution < -0.4 is 0 Å². The maximum atomic E-state index is 2.27. The summed E-state index contributed by atoms with van der Waals surface area (Å²) in [5, 5.41) is 0. The SMILES string of the molecule is C1=C\CC/C=C\CC/1.[Ir].[Ir]. The first-order valence-electron chi connectivity index (χ1n) is 3.30. The van der Waals surface area contributed by atoms with Crippen molar-refractivity contribution < 1.29 is 40.2 Å². The van der Waals surface area contributed by atoms with Gasteiger partial charge in [-0.2, -0.15) is 0 Å². The first-order valence-corrected chi connectivity index (χ1v) is 3.30. The predicted molar refractivity (Wildman–Crippen MR) is 36.7 cm³/mol. The molecule has 0 heterocycles. The van der Waals surface area contributed by atoms with E-state index in [4.69, 9.17) is 0 Å². The van der Waals surface area contributed by atoms with E-state index in [1.165, 1.54) is 25.7 Å². The van der Waals surface area contributed by atoms with Gasteiger partial charge in [-0.1, -0.05) is 24.3 Å². The molecule has 0 spiro atoms. The summed E-state index contributed by atoms with van der Waals surface area (Å²) in [5.74, 6) is 0. The van der Waals surface area contributed by atoms with Gasteiger partial charge in [-0.25, -0.2) is 0 Å². The molecule has 0 aromatic heterocycles. The Bertz CT molecular complexity index is 79.8. The van der Waals surface area contributed by atoms with Gasteiger partial charge in [0.1, 0.15) is 0 Å². The zero-order valence-corrected chi connectivity index (χ0v) is 10.6. The van der Waals surface area contributed by atoms with Crippen LogP contribution in [-0.2, 0) is 40.2 Å². The van der Waals surface area contributed by atoms with Gasteiger partial charge in [-0.3, -0.25) is 0 Å². The third-order valence-corrected chi connectivity index (χ3v) is 1.33. The average Bonchev–Trinajstić information content (AvgIpc) is 1.62. The van der Waals surface area contributed by atoms with Crippen molar-refractivity contribution in [1.82, 2.24) is 0 Å². The van der Waals surface area contributed by atoms with Gasteiger partial charge in [-0.05, 0) is 25.7 Å². The molecule has 0 nitrogen and oxygen atoms in total. The molecule has 0 amide bonds. The first kappa shape index (κ1) is 13.4. The molecule has 1 aliphatic carbocycles. The molecule has 0 saturated carbocycles. The molecular formula is C8H12Ir2. The molecule has 2 radical (unpaired) electrons. The molecule has 10 heavy (non-hydrogen) atoms. The van der Waals surface area contributed by atoms with Crippen LogP contribution in [0.1, 0.15) is 25.7 Å². The molecule has 0 unspecified atom stereocenters. The Morgan fingerprint density at radius 2 is 0.700 bits per heavy atom. The molecule has 0 atom stereocenters. The summed E-state index contributed by atoms with van der Waals surface area (Å²) in [6, 6.07) is 0. The second-order valence-corrected chi connectivity index (χ2v) is 2.10. The minimum atomic E-state index is 0. The standard InChI is InChI=1S/C8H12.2Ir/c1-2-4-6-8-7-5-3-1;;/h1-2,7-8H,3-6H2;;/b2-1-,8-7-;;. The topological polar surface area (TPSA) is 0 Å². The van der Waals surface area contributed by atoms with Crippen molar-refractivity contribution in [2.75, 3.05) is 0 Å². The smallest absolute Gasteiger partial charge is 0 e. The molecule has 1 aliphatic rings. The molecule has 62 valence electrons. The van der Waals surface area contributed by atoms with Crippen LogP contribution in [0, 0.1) is 0 Å². The Labute approximate surface area is 89.9 Å². The Morgan fingerprint density at radius 1 is 0.500 bits per heavy atom. The van der Waals surface area contributed by atoms with E-state index >= 15 is 0 Å². The van der Waals surface area contributed by atoms with Crippen LogP contribution in [0.2, 0.25) is 0 Å². The summed E-state index contributed by atoms with van der Waals surface area (Å²) in [6.07, 6.45) is 14.0. The molecule has 2 heteroatoms. The second-order valence-electron chi connectivity index (χ2n) is 2.10. The summed E-state index contributed by atoms with van der Waals surface area (Å²) in [6.45, 7) is 0. The van der Waals surface area contributed by atoms with Gasteiger partial charge in [0, 0.05) is 40.2 Å². The first-order chi connectivity index (χ1) is 4.00. The minimum Gasteiger partial charge on any atom is -0.0882 e. The molecule has 0 N–H and O–H groups in total. The largest absolute Gasteiger partial charge is 0.0882 e. The Kier molecular flexibility index (Phi) is 13.1. The van der Waals surface area contributed by atoms with Crippen LogP contribution in [-0.4, -0.2) is 0 Å². The second kappa shape index (κ2) is 9.78. The Balaban J connectivity index is 0. The van der Waals surface area contributed by atoms with Crippen LogP contribution in [0.3, 0.4) is 0 Å². The van der Waals surface area contributed by atoms with Crippen LogP contribution in [0.15, 0.2) is 24.3 Å². The fraction of sp³-hybridized carbons (Fsp3) is 0.500. The molecule has 0 bridgehead atoms. The normalized spacial score (nSPS) is 22.4. The quantitative estimate of drug-likeness (QED) is 0.457. The maximum absolute atomic E-state index is 2.27. The molecule has 0 saturated heterocycles. The van der Waals surface area contributed by atoms with Gasteiger partial charge in [0.2, 0.25) is 0 Å². The van der Waals surface area contributed by atoms with Crippen LogP contribution in [0.4, 0.5) is 0 Å². The summed E-state index contributed by atoms with van der Waals surface area (Å²) >= 11 is 0. The van der Waals surface area contributed by atoms with E-state index in [9.17, 15) is 0 Å². The fourth-order valence-corrected chi connectivity index (χ4v) is 0.856. The minimum absolute atomic E-state index is 0. The van der Waals surface area contributed by atoms with E-state index in [1.54, 1.807) is 0 Å². The van der Waals surface area contributed by atoms with Gasteiger partial charge < -0.3 is 0 Å².